The van der Waals surface area contributed by atoms with Gasteiger partial charge in [-0.25, -0.2) is 4.39 Å². The molecule has 1 saturated carbocycles. The molecule has 2 N–H and O–H groups in total. The zero-order chi connectivity index (χ0) is 25.8. The highest BCUT2D eigenvalue weighted by molar-refractivity contribution is 5.94. The minimum Gasteiger partial charge on any atom is -0.493 e. The average Bonchev–Trinajstić information content (AvgIpc) is 3.65. The van der Waals surface area contributed by atoms with E-state index in [2.05, 4.69) is 20.5 Å². The Morgan fingerprint density at radius 2 is 1.95 bits per heavy atom. The van der Waals surface area contributed by atoms with Gasteiger partial charge >= 0.3 is 0 Å². The van der Waals surface area contributed by atoms with Crippen LogP contribution in [-0.2, 0) is 4.79 Å². The fourth-order valence-electron chi connectivity index (χ4n) is 4.60. The number of amides is 1. The Morgan fingerprint density at radius 1 is 1.14 bits per heavy atom. The number of benzene rings is 2. The standard InChI is InChI=1S/C28H33FN4O4/c1-18-14-20(18)28(34)32-19-4-5-25(22(29)15-19)37-24-6-7-31-23-17-27(26(35-2)16-21(23)24)36-13-3-10-33-11-8-30-9-12-33/h4-7,15-18,20,30H,3,8-14H2,1-2H3,(H,32,34). The van der Waals surface area contributed by atoms with Gasteiger partial charge in [0.15, 0.2) is 23.1 Å². The SMILES string of the molecule is COc1cc2c(Oc3ccc(NC(=O)C4CC4C)cc3F)ccnc2cc1OCCCN1CCNCC1. The molecule has 2 unspecified atom stereocenters. The van der Waals surface area contributed by atoms with Crippen LogP contribution < -0.4 is 24.8 Å². The normalized spacial score (nSPS) is 19.4. The van der Waals surface area contributed by atoms with Crippen LogP contribution in [0.1, 0.15) is 19.8 Å². The average molecular weight is 509 g/mol. The molecule has 2 fully saturated rings. The highest BCUT2D eigenvalue weighted by Crippen LogP contribution is 2.39. The molecule has 196 valence electrons. The van der Waals surface area contributed by atoms with Crippen LogP contribution in [0.3, 0.4) is 0 Å². The summed E-state index contributed by atoms with van der Waals surface area (Å²) in [5.41, 5.74) is 1.06. The smallest absolute Gasteiger partial charge is 0.227 e. The van der Waals surface area contributed by atoms with Crippen molar-refractivity contribution in [1.29, 1.82) is 0 Å². The summed E-state index contributed by atoms with van der Waals surface area (Å²) >= 11 is 0. The van der Waals surface area contributed by atoms with E-state index >= 15 is 0 Å². The molecule has 9 heteroatoms. The van der Waals surface area contributed by atoms with Gasteiger partial charge in [0.05, 0.1) is 19.2 Å². The Kier molecular flexibility index (Phi) is 7.71. The van der Waals surface area contributed by atoms with Crippen LogP contribution >= 0.6 is 0 Å². The minimum absolute atomic E-state index is 0.0123. The van der Waals surface area contributed by atoms with Crippen molar-refractivity contribution in [3.63, 3.8) is 0 Å². The van der Waals surface area contributed by atoms with E-state index in [4.69, 9.17) is 14.2 Å². The molecule has 8 nitrogen and oxygen atoms in total. The van der Waals surface area contributed by atoms with E-state index in [9.17, 15) is 9.18 Å². The second-order valence-electron chi connectivity index (χ2n) is 9.68. The highest BCUT2D eigenvalue weighted by Gasteiger charge is 2.39. The van der Waals surface area contributed by atoms with Gasteiger partial charge in [0, 0.05) is 68.0 Å². The molecular formula is C28H33FN4O4. The van der Waals surface area contributed by atoms with Gasteiger partial charge in [0.25, 0.3) is 0 Å². The summed E-state index contributed by atoms with van der Waals surface area (Å²) in [7, 11) is 1.58. The zero-order valence-electron chi connectivity index (χ0n) is 21.3. The Balaban J connectivity index is 1.27. The molecule has 0 spiro atoms. The van der Waals surface area contributed by atoms with E-state index in [-0.39, 0.29) is 17.6 Å². The maximum absolute atomic E-state index is 14.9. The van der Waals surface area contributed by atoms with Gasteiger partial charge in [-0.3, -0.25) is 9.78 Å². The summed E-state index contributed by atoms with van der Waals surface area (Å²) in [6.45, 7) is 7.75. The second kappa shape index (κ2) is 11.3. The number of halogens is 1. The van der Waals surface area contributed by atoms with Gasteiger partial charge in [-0.05, 0) is 43.0 Å². The number of ether oxygens (including phenoxy) is 3. The topological polar surface area (TPSA) is 85.0 Å². The maximum Gasteiger partial charge on any atom is 0.227 e. The van der Waals surface area contributed by atoms with Crippen molar-refractivity contribution < 1.29 is 23.4 Å². The lowest BCUT2D eigenvalue weighted by Gasteiger charge is -2.27. The van der Waals surface area contributed by atoms with Crippen LogP contribution in [0.25, 0.3) is 10.9 Å². The molecule has 2 atom stereocenters. The van der Waals surface area contributed by atoms with E-state index in [1.165, 1.54) is 12.1 Å². The second-order valence-corrected chi connectivity index (χ2v) is 9.68. The van der Waals surface area contributed by atoms with Crippen molar-refractivity contribution in [1.82, 2.24) is 15.2 Å². The third-order valence-electron chi connectivity index (χ3n) is 6.94. The lowest BCUT2D eigenvalue weighted by Crippen LogP contribution is -2.43. The van der Waals surface area contributed by atoms with Gasteiger partial charge in [-0.15, -0.1) is 0 Å². The summed E-state index contributed by atoms with van der Waals surface area (Å²) < 4.78 is 32.4. The van der Waals surface area contributed by atoms with Crippen LogP contribution in [0.4, 0.5) is 10.1 Å². The van der Waals surface area contributed by atoms with Crippen LogP contribution in [0, 0.1) is 17.7 Å². The fraction of sp³-hybridized carbons (Fsp3) is 0.429. The van der Waals surface area contributed by atoms with Crippen LogP contribution in [0.5, 0.6) is 23.0 Å². The van der Waals surface area contributed by atoms with Crippen molar-refractivity contribution in [3.8, 4) is 23.0 Å². The van der Waals surface area contributed by atoms with Crippen LogP contribution in [0.15, 0.2) is 42.6 Å². The first-order chi connectivity index (χ1) is 18.0. The Labute approximate surface area is 216 Å². The summed E-state index contributed by atoms with van der Waals surface area (Å²) in [6.07, 6.45) is 3.39. The summed E-state index contributed by atoms with van der Waals surface area (Å²) in [5.74, 6) is 1.41. The van der Waals surface area contributed by atoms with Gasteiger partial charge in [0.1, 0.15) is 5.75 Å². The number of carbonyl (C=O) groups is 1. The number of aromatic nitrogens is 1. The molecule has 0 bridgehead atoms. The molecule has 2 heterocycles. The molecule has 1 amide bonds. The summed E-state index contributed by atoms with van der Waals surface area (Å²) in [5, 5.41) is 6.81. The minimum atomic E-state index is -0.567. The largest absolute Gasteiger partial charge is 0.493 e. The molecule has 2 aromatic carbocycles. The van der Waals surface area contributed by atoms with Gasteiger partial charge in [-0.2, -0.15) is 0 Å². The van der Waals surface area contributed by atoms with E-state index in [1.54, 1.807) is 31.5 Å². The number of nitrogens with zero attached hydrogens (tertiary/aromatic N) is 2. The zero-order valence-corrected chi connectivity index (χ0v) is 21.3. The third-order valence-corrected chi connectivity index (χ3v) is 6.94. The quantitative estimate of drug-likeness (QED) is 0.392. The van der Waals surface area contributed by atoms with Crippen LogP contribution in [0.2, 0.25) is 0 Å². The Morgan fingerprint density at radius 3 is 2.68 bits per heavy atom. The number of anilines is 1. The van der Waals surface area contributed by atoms with Crippen LogP contribution in [-0.4, -0.2) is 62.2 Å². The van der Waals surface area contributed by atoms with Gasteiger partial charge in [-0.1, -0.05) is 6.92 Å². The lowest BCUT2D eigenvalue weighted by molar-refractivity contribution is -0.117. The molecule has 1 aromatic heterocycles. The molecular weight excluding hydrogens is 475 g/mol. The number of hydrogen-bond donors (Lipinski definition) is 2. The number of piperazine rings is 1. The van der Waals surface area contributed by atoms with Gasteiger partial charge < -0.3 is 29.7 Å². The summed E-state index contributed by atoms with van der Waals surface area (Å²) in [4.78, 5) is 19.0. The number of hydrogen-bond acceptors (Lipinski definition) is 7. The predicted molar refractivity (Wildman–Crippen MR) is 140 cm³/mol. The lowest BCUT2D eigenvalue weighted by atomic mass is 10.1. The van der Waals surface area contributed by atoms with E-state index in [0.29, 0.717) is 46.4 Å². The number of pyridine rings is 1. The van der Waals surface area contributed by atoms with E-state index < -0.39 is 5.82 Å². The van der Waals surface area contributed by atoms with E-state index in [1.807, 2.05) is 13.0 Å². The number of nitrogens with one attached hydrogen (secondary N) is 2. The van der Waals surface area contributed by atoms with Gasteiger partial charge in [0.2, 0.25) is 5.91 Å². The number of rotatable bonds is 10. The molecule has 1 saturated heterocycles. The fourth-order valence-corrected chi connectivity index (χ4v) is 4.60. The van der Waals surface area contributed by atoms with Crippen molar-refractivity contribution >= 4 is 22.5 Å². The molecule has 1 aliphatic heterocycles. The molecule has 37 heavy (non-hydrogen) atoms. The number of fused-ring (bicyclic) bond motifs is 1. The van der Waals surface area contributed by atoms with Crippen molar-refractivity contribution in [2.75, 3.05) is 51.8 Å². The monoisotopic (exact) mass is 508 g/mol. The first-order valence-electron chi connectivity index (χ1n) is 12.8. The highest BCUT2D eigenvalue weighted by atomic mass is 19.1. The predicted octanol–water partition coefficient (Wildman–Crippen LogP) is 4.44. The van der Waals surface area contributed by atoms with Crippen molar-refractivity contribution in [2.45, 2.75) is 19.8 Å². The van der Waals surface area contributed by atoms with Crippen molar-refractivity contribution in [3.05, 3.63) is 48.4 Å². The number of carbonyl (C=O) groups excluding carboxylic acids is 1. The molecule has 3 aromatic rings. The first-order valence-corrected chi connectivity index (χ1v) is 12.8. The molecule has 2 aliphatic rings. The number of methoxy groups -OCH3 is 1. The molecule has 0 radical (unpaired) electrons. The molecule has 1 aliphatic carbocycles. The molecule has 5 rings (SSSR count). The van der Waals surface area contributed by atoms with Crippen molar-refractivity contribution in [2.24, 2.45) is 11.8 Å². The third kappa shape index (κ3) is 6.11. The summed E-state index contributed by atoms with van der Waals surface area (Å²) in [6, 6.07) is 9.72. The van der Waals surface area contributed by atoms with E-state index in [0.717, 1.165) is 45.6 Å². The first kappa shape index (κ1) is 25.2. The Hall–Kier alpha value is -3.43. The maximum atomic E-state index is 14.9. The Bertz CT molecular complexity index is 1260.